The van der Waals surface area contributed by atoms with Crippen LogP contribution in [0.2, 0.25) is 0 Å². The molecule has 1 fully saturated rings. The first kappa shape index (κ1) is 23.3. The normalized spacial score (nSPS) is 13.5. The molecule has 184 valence electrons. The number of hydrogen-bond donors (Lipinski definition) is 2. The SMILES string of the molecule is O=c1[nH]cc(-c2cc(C3CC3)c3nccn3n2)c(=O)[nH]1.O=c1ccn(CC(F)(F)F)c2ccccc12. The summed E-state index contributed by atoms with van der Waals surface area (Å²) in [6, 6.07) is 9.29. The Morgan fingerprint density at radius 1 is 1.06 bits per heavy atom. The lowest BCUT2D eigenvalue weighted by Gasteiger charge is -2.12. The van der Waals surface area contributed by atoms with Gasteiger partial charge in [-0.25, -0.2) is 14.3 Å². The van der Waals surface area contributed by atoms with Crippen LogP contribution in [0.4, 0.5) is 13.2 Å². The van der Waals surface area contributed by atoms with Crippen molar-refractivity contribution in [3.05, 3.63) is 97.8 Å². The molecule has 0 atom stereocenters. The topological polar surface area (TPSA) is 118 Å². The zero-order chi connectivity index (χ0) is 25.4. The number of rotatable bonds is 3. The van der Waals surface area contributed by atoms with Crippen LogP contribution in [0.15, 0.2) is 75.6 Å². The van der Waals surface area contributed by atoms with Gasteiger partial charge >= 0.3 is 11.9 Å². The van der Waals surface area contributed by atoms with Crippen LogP contribution < -0.4 is 16.7 Å². The molecule has 1 aliphatic carbocycles. The first-order valence-corrected chi connectivity index (χ1v) is 11.0. The van der Waals surface area contributed by atoms with Gasteiger partial charge in [0.2, 0.25) is 0 Å². The molecule has 4 aromatic heterocycles. The Balaban J connectivity index is 0.000000152. The number of aromatic nitrogens is 6. The van der Waals surface area contributed by atoms with Gasteiger partial charge in [-0.2, -0.15) is 18.3 Å². The smallest absolute Gasteiger partial charge is 0.338 e. The third-order valence-electron chi connectivity index (χ3n) is 5.73. The second-order valence-corrected chi connectivity index (χ2v) is 8.38. The standard InChI is InChI=1S/C13H11N5O2.C11H8F3NO/c19-12-9(6-15-13(20)16-12)10-5-8(7-1-2-7)11-14-3-4-18(11)17-10;12-11(13,14)7-15-6-5-10(16)8-3-1-2-4-9(8)15/h3-7H,1-2H2,(H2,15,16,19,20);1-6H,7H2. The van der Waals surface area contributed by atoms with Crippen molar-refractivity contribution in [1.82, 2.24) is 29.1 Å². The molecule has 5 aromatic rings. The summed E-state index contributed by atoms with van der Waals surface area (Å²) in [5.41, 5.74) is 1.88. The maximum atomic E-state index is 12.3. The minimum atomic E-state index is -4.29. The number of benzene rings is 1. The molecular formula is C24H19F3N6O3. The molecule has 36 heavy (non-hydrogen) atoms. The van der Waals surface area contributed by atoms with Crippen molar-refractivity contribution >= 4 is 16.6 Å². The first-order valence-electron chi connectivity index (χ1n) is 11.0. The van der Waals surface area contributed by atoms with E-state index in [0.29, 0.717) is 28.1 Å². The van der Waals surface area contributed by atoms with Crippen LogP contribution in [0.3, 0.4) is 0 Å². The Bertz CT molecular complexity index is 1740. The van der Waals surface area contributed by atoms with Crippen LogP contribution >= 0.6 is 0 Å². The Kier molecular flexibility index (Phi) is 5.78. The highest BCUT2D eigenvalue weighted by Crippen LogP contribution is 2.42. The number of fused-ring (bicyclic) bond motifs is 2. The van der Waals surface area contributed by atoms with E-state index in [9.17, 15) is 27.6 Å². The van der Waals surface area contributed by atoms with Crippen LogP contribution in [0, 0.1) is 0 Å². The number of alkyl halides is 3. The van der Waals surface area contributed by atoms with E-state index < -0.39 is 24.0 Å². The molecular weight excluding hydrogens is 477 g/mol. The van der Waals surface area contributed by atoms with E-state index in [1.807, 2.05) is 6.07 Å². The minimum Gasteiger partial charge on any atom is -0.338 e. The molecule has 6 rings (SSSR count). The Hall–Kier alpha value is -4.48. The summed E-state index contributed by atoms with van der Waals surface area (Å²) in [5.74, 6) is 0.489. The van der Waals surface area contributed by atoms with Crippen molar-refractivity contribution in [3.63, 3.8) is 0 Å². The minimum absolute atomic E-state index is 0.269. The monoisotopic (exact) mass is 496 g/mol. The second-order valence-electron chi connectivity index (χ2n) is 8.38. The molecule has 0 bridgehead atoms. The number of nitrogens with zero attached hydrogens (tertiary/aromatic N) is 4. The van der Waals surface area contributed by atoms with Gasteiger partial charge in [0.05, 0.1) is 16.8 Å². The van der Waals surface area contributed by atoms with Gasteiger partial charge in [-0.15, -0.1) is 0 Å². The molecule has 2 N–H and O–H groups in total. The fourth-order valence-corrected chi connectivity index (χ4v) is 3.96. The molecule has 12 heteroatoms. The first-order chi connectivity index (χ1) is 17.2. The summed E-state index contributed by atoms with van der Waals surface area (Å²) in [6.45, 7) is -1.09. The molecule has 4 heterocycles. The number of H-pyrrole nitrogens is 2. The van der Waals surface area contributed by atoms with E-state index in [4.69, 9.17) is 0 Å². The van der Waals surface area contributed by atoms with Crippen molar-refractivity contribution in [2.45, 2.75) is 31.5 Å². The number of hydrogen-bond acceptors (Lipinski definition) is 5. The second kappa shape index (κ2) is 8.95. The molecule has 1 saturated carbocycles. The number of aromatic amines is 2. The summed E-state index contributed by atoms with van der Waals surface area (Å²) in [4.78, 5) is 43.3. The molecule has 0 spiro atoms. The highest BCUT2D eigenvalue weighted by Gasteiger charge is 2.28. The average molecular weight is 496 g/mol. The quantitative estimate of drug-likeness (QED) is 0.398. The van der Waals surface area contributed by atoms with Gasteiger partial charge in [0.25, 0.3) is 5.56 Å². The van der Waals surface area contributed by atoms with Gasteiger partial charge in [0.15, 0.2) is 11.1 Å². The molecule has 0 aliphatic heterocycles. The van der Waals surface area contributed by atoms with Crippen molar-refractivity contribution in [2.24, 2.45) is 0 Å². The maximum absolute atomic E-state index is 12.3. The Labute approximate surface area is 199 Å². The zero-order valence-electron chi connectivity index (χ0n) is 18.6. The maximum Gasteiger partial charge on any atom is 0.406 e. The van der Waals surface area contributed by atoms with Crippen LogP contribution in [0.25, 0.3) is 27.8 Å². The highest BCUT2D eigenvalue weighted by atomic mass is 19.4. The predicted octanol–water partition coefficient (Wildman–Crippen LogP) is 3.21. The van der Waals surface area contributed by atoms with E-state index in [1.54, 1.807) is 29.0 Å². The summed E-state index contributed by atoms with van der Waals surface area (Å²) in [7, 11) is 0. The third kappa shape index (κ3) is 4.83. The molecule has 1 aromatic carbocycles. The number of nitrogens with one attached hydrogen (secondary N) is 2. The fourth-order valence-electron chi connectivity index (χ4n) is 3.96. The molecule has 9 nitrogen and oxygen atoms in total. The van der Waals surface area contributed by atoms with Crippen LogP contribution in [0.1, 0.15) is 24.3 Å². The van der Waals surface area contributed by atoms with Crippen molar-refractivity contribution < 1.29 is 13.2 Å². The van der Waals surface area contributed by atoms with Gasteiger partial charge in [0.1, 0.15) is 6.54 Å². The third-order valence-corrected chi connectivity index (χ3v) is 5.73. The predicted molar refractivity (Wildman–Crippen MR) is 126 cm³/mol. The van der Waals surface area contributed by atoms with E-state index in [0.717, 1.165) is 40.9 Å². The van der Waals surface area contributed by atoms with Crippen molar-refractivity contribution in [2.75, 3.05) is 0 Å². The van der Waals surface area contributed by atoms with Gasteiger partial charge < -0.3 is 9.55 Å². The summed E-state index contributed by atoms with van der Waals surface area (Å²) >= 11 is 0. The summed E-state index contributed by atoms with van der Waals surface area (Å²) < 4.78 is 39.5. The lowest BCUT2D eigenvalue weighted by molar-refractivity contribution is -0.139. The molecule has 0 unspecified atom stereocenters. The van der Waals surface area contributed by atoms with E-state index in [-0.39, 0.29) is 5.43 Å². The van der Waals surface area contributed by atoms with Gasteiger partial charge in [0, 0.05) is 41.8 Å². The largest absolute Gasteiger partial charge is 0.406 e. The molecule has 0 saturated heterocycles. The van der Waals surface area contributed by atoms with Crippen molar-refractivity contribution in [1.29, 1.82) is 0 Å². The number of imidazole rings is 1. The highest BCUT2D eigenvalue weighted by molar-refractivity contribution is 5.78. The molecule has 0 radical (unpaired) electrons. The zero-order valence-corrected chi connectivity index (χ0v) is 18.6. The number of halogens is 3. The van der Waals surface area contributed by atoms with Crippen LogP contribution in [-0.2, 0) is 6.54 Å². The lowest BCUT2D eigenvalue weighted by Crippen LogP contribution is -2.23. The fraction of sp³-hybridized carbons (Fsp3) is 0.208. The van der Waals surface area contributed by atoms with Gasteiger partial charge in [-0.05, 0) is 37.0 Å². The van der Waals surface area contributed by atoms with Crippen LogP contribution in [0.5, 0.6) is 0 Å². The number of para-hydroxylation sites is 1. The van der Waals surface area contributed by atoms with E-state index >= 15 is 0 Å². The average Bonchev–Trinajstić information content (AvgIpc) is 3.57. The lowest BCUT2D eigenvalue weighted by atomic mass is 10.1. The van der Waals surface area contributed by atoms with Gasteiger partial charge in [-0.1, -0.05) is 12.1 Å². The van der Waals surface area contributed by atoms with Crippen LogP contribution in [-0.4, -0.2) is 35.3 Å². The Morgan fingerprint density at radius 2 is 1.83 bits per heavy atom. The van der Waals surface area contributed by atoms with Gasteiger partial charge in [-0.3, -0.25) is 14.6 Å². The summed E-state index contributed by atoms with van der Waals surface area (Å²) in [5, 5.41) is 4.68. The summed E-state index contributed by atoms with van der Waals surface area (Å²) in [6.07, 6.45) is 3.97. The van der Waals surface area contributed by atoms with Crippen molar-refractivity contribution in [3.8, 4) is 11.3 Å². The molecule has 0 amide bonds. The van der Waals surface area contributed by atoms with E-state index in [2.05, 4.69) is 20.1 Å². The number of pyridine rings is 1. The van der Waals surface area contributed by atoms with E-state index in [1.165, 1.54) is 18.3 Å². The molecule has 1 aliphatic rings. The Morgan fingerprint density at radius 3 is 2.56 bits per heavy atom.